The lowest BCUT2D eigenvalue weighted by atomic mass is 10.1. The SMILES string of the molecule is CSCC(C)CNc1cc(C(=O)O)ccc1[N+](=O)[O-]. The minimum atomic E-state index is -1.10. The number of hydrogen-bond donors (Lipinski definition) is 2. The summed E-state index contributed by atoms with van der Waals surface area (Å²) in [6.07, 6.45) is 1.99. The number of nitrogens with one attached hydrogen (secondary N) is 1. The van der Waals surface area contributed by atoms with Crippen molar-refractivity contribution in [3.05, 3.63) is 33.9 Å². The molecule has 0 fully saturated rings. The highest BCUT2D eigenvalue weighted by molar-refractivity contribution is 7.98. The van der Waals surface area contributed by atoms with E-state index in [9.17, 15) is 14.9 Å². The maximum atomic E-state index is 10.9. The molecule has 0 aliphatic rings. The van der Waals surface area contributed by atoms with Crippen molar-refractivity contribution in [1.29, 1.82) is 0 Å². The first-order valence-corrected chi connectivity index (χ1v) is 7.09. The van der Waals surface area contributed by atoms with Crippen molar-refractivity contribution < 1.29 is 14.8 Å². The molecule has 0 aromatic heterocycles. The molecule has 0 amide bonds. The van der Waals surface area contributed by atoms with Crippen LogP contribution in [0.2, 0.25) is 0 Å². The van der Waals surface area contributed by atoms with E-state index in [-0.39, 0.29) is 16.9 Å². The van der Waals surface area contributed by atoms with Crippen molar-refractivity contribution in [2.45, 2.75) is 6.92 Å². The summed E-state index contributed by atoms with van der Waals surface area (Å²) in [7, 11) is 0. The first kappa shape index (κ1) is 15.3. The van der Waals surface area contributed by atoms with Crippen molar-refractivity contribution in [2.24, 2.45) is 5.92 Å². The van der Waals surface area contributed by atoms with E-state index in [1.54, 1.807) is 11.8 Å². The Bertz CT molecular complexity index is 479. The molecule has 1 aromatic carbocycles. The van der Waals surface area contributed by atoms with Crippen LogP contribution in [0.25, 0.3) is 0 Å². The second kappa shape index (κ2) is 6.98. The molecule has 1 unspecified atom stereocenters. The van der Waals surface area contributed by atoms with Crippen LogP contribution in [0.3, 0.4) is 0 Å². The molecule has 0 aliphatic heterocycles. The monoisotopic (exact) mass is 284 g/mol. The average Bonchev–Trinajstić information content (AvgIpc) is 2.36. The molecule has 1 atom stereocenters. The van der Waals surface area contributed by atoms with Gasteiger partial charge in [-0.1, -0.05) is 6.92 Å². The zero-order valence-corrected chi connectivity index (χ0v) is 11.6. The average molecular weight is 284 g/mol. The van der Waals surface area contributed by atoms with E-state index in [1.165, 1.54) is 18.2 Å². The van der Waals surface area contributed by atoms with Crippen LogP contribution < -0.4 is 5.32 Å². The molecule has 0 saturated carbocycles. The molecule has 6 nitrogen and oxygen atoms in total. The Morgan fingerprint density at radius 3 is 2.79 bits per heavy atom. The maximum Gasteiger partial charge on any atom is 0.335 e. The Balaban J connectivity index is 2.91. The summed E-state index contributed by atoms with van der Waals surface area (Å²) < 4.78 is 0. The summed E-state index contributed by atoms with van der Waals surface area (Å²) in [4.78, 5) is 21.2. The van der Waals surface area contributed by atoms with Gasteiger partial charge < -0.3 is 10.4 Å². The van der Waals surface area contributed by atoms with Gasteiger partial charge in [-0.2, -0.15) is 11.8 Å². The van der Waals surface area contributed by atoms with Gasteiger partial charge in [-0.25, -0.2) is 4.79 Å². The molecular formula is C12H16N2O4S. The van der Waals surface area contributed by atoms with Gasteiger partial charge in [-0.15, -0.1) is 0 Å². The Kier molecular flexibility index (Phi) is 5.62. The molecule has 0 spiro atoms. The molecule has 0 saturated heterocycles. The number of thioether (sulfide) groups is 1. The summed E-state index contributed by atoms with van der Waals surface area (Å²) in [5.74, 6) is 0.164. The van der Waals surface area contributed by atoms with Gasteiger partial charge >= 0.3 is 5.97 Å². The Labute approximate surface area is 115 Å². The van der Waals surface area contributed by atoms with Gasteiger partial charge in [0.05, 0.1) is 10.5 Å². The van der Waals surface area contributed by atoms with Crippen LogP contribution in [0, 0.1) is 16.0 Å². The molecule has 2 N–H and O–H groups in total. The zero-order chi connectivity index (χ0) is 14.4. The fourth-order valence-corrected chi connectivity index (χ4v) is 2.28. The highest BCUT2D eigenvalue weighted by Crippen LogP contribution is 2.26. The van der Waals surface area contributed by atoms with Crippen LogP contribution in [0.5, 0.6) is 0 Å². The Morgan fingerprint density at radius 2 is 2.26 bits per heavy atom. The number of carbonyl (C=O) groups is 1. The van der Waals surface area contributed by atoms with Gasteiger partial charge in [0, 0.05) is 12.6 Å². The first-order valence-electron chi connectivity index (χ1n) is 5.70. The molecule has 1 rings (SSSR count). The molecule has 0 bridgehead atoms. The van der Waals surface area contributed by atoms with Crippen LogP contribution in [-0.2, 0) is 0 Å². The van der Waals surface area contributed by atoms with Gasteiger partial charge in [0.1, 0.15) is 5.69 Å². The number of carboxylic acids is 1. The van der Waals surface area contributed by atoms with Crippen LogP contribution in [0.4, 0.5) is 11.4 Å². The summed E-state index contributed by atoms with van der Waals surface area (Å²) in [6.45, 7) is 2.58. The molecule has 0 radical (unpaired) electrons. The number of nitrogens with zero attached hydrogens (tertiary/aromatic N) is 1. The third kappa shape index (κ3) is 4.44. The smallest absolute Gasteiger partial charge is 0.335 e. The Hall–Kier alpha value is -1.76. The van der Waals surface area contributed by atoms with E-state index in [4.69, 9.17) is 5.11 Å². The molecule has 7 heteroatoms. The molecular weight excluding hydrogens is 268 g/mol. The van der Waals surface area contributed by atoms with E-state index < -0.39 is 10.9 Å². The lowest BCUT2D eigenvalue weighted by Gasteiger charge is -2.12. The molecule has 19 heavy (non-hydrogen) atoms. The number of hydrogen-bond acceptors (Lipinski definition) is 5. The van der Waals surface area contributed by atoms with Crippen molar-refractivity contribution >= 4 is 29.1 Å². The molecule has 1 aromatic rings. The normalized spacial score (nSPS) is 11.9. The number of rotatable bonds is 7. The van der Waals surface area contributed by atoms with Crippen LogP contribution in [-0.4, -0.2) is 34.6 Å². The molecule has 0 aliphatic carbocycles. The number of nitro benzene ring substituents is 1. The van der Waals surface area contributed by atoms with Crippen molar-refractivity contribution in [3.8, 4) is 0 Å². The van der Waals surface area contributed by atoms with Gasteiger partial charge in [0.15, 0.2) is 0 Å². The predicted molar refractivity (Wildman–Crippen MR) is 76.1 cm³/mol. The number of benzene rings is 1. The third-order valence-corrected chi connectivity index (χ3v) is 3.43. The van der Waals surface area contributed by atoms with E-state index >= 15 is 0 Å². The number of nitro groups is 1. The van der Waals surface area contributed by atoms with E-state index in [1.807, 2.05) is 13.2 Å². The Morgan fingerprint density at radius 1 is 1.58 bits per heavy atom. The van der Waals surface area contributed by atoms with Crippen LogP contribution in [0.15, 0.2) is 18.2 Å². The van der Waals surface area contributed by atoms with Gasteiger partial charge in [-0.05, 0) is 30.1 Å². The molecule has 104 valence electrons. The summed E-state index contributed by atoms with van der Waals surface area (Å²) in [5, 5.41) is 22.7. The quantitative estimate of drug-likeness (QED) is 0.590. The lowest BCUT2D eigenvalue weighted by molar-refractivity contribution is -0.384. The van der Waals surface area contributed by atoms with Crippen LogP contribution >= 0.6 is 11.8 Å². The summed E-state index contributed by atoms with van der Waals surface area (Å²) in [6, 6.07) is 3.74. The second-order valence-electron chi connectivity index (χ2n) is 4.24. The van der Waals surface area contributed by atoms with Crippen molar-refractivity contribution in [1.82, 2.24) is 0 Å². The van der Waals surface area contributed by atoms with Crippen LogP contribution in [0.1, 0.15) is 17.3 Å². The first-order chi connectivity index (χ1) is 8.95. The number of anilines is 1. The van der Waals surface area contributed by atoms with E-state index in [0.717, 1.165) is 5.75 Å². The maximum absolute atomic E-state index is 10.9. The minimum absolute atomic E-state index is 0.0330. The van der Waals surface area contributed by atoms with Crippen molar-refractivity contribution in [2.75, 3.05) is 23.9 Å². The minimum Gasteiger partial charge on any atom is -0.478 e. The zero-order valence-electron chi connectivity index (χ0n) is 10.8. The van der Waals surface area contributed by atoms with E-state index in [0.29, 0.717) is 12.5 Å². The lowest BCUT2D eigenvalue weighted by Crippen LogP contribution is -2.14. The standard InChI is InChI=1S/C12H16N2O4S/c1-8(7-19-2)6-13-10-5-9(12(15)16)3-4-11(10)14(17)18/h3-5,8,13H,6-7H2,1-2H3,(H,15,16). The highest BCUT2D eigenvalue weighted by Gasteiger charge is 2.16. The fourth-order valence-electron chi connectivity index (χ4n) is 1.60. The fraction of sp³-hybridized carbons (Fsp3) is 0.417. The third-order valence-electron chi connectivity index (χ3n) is 2.53. The topological polar surface area (TPSA) is 92.5 Å². The summed E-state index contributed by atoms with van der Waals surface area (Å²) >= 11 is 1.70. The van der Waals surface area contributed by atoms with Gasteiger partial charge in [-0.3, -0.25) is 10.1 Å². The van der Waals surface area contributed by atoms with Crippen molar-refractivity contribution in [3.63, 3.8) is 0 Å². The highest BCUT2D eigenvalue weighted by atomic mass is 32.2. The van der Waals surface area contributed by atoms with E-state index in [2.05, 4.69) is 5.32 Å². The van der Waals surface area contributed by atoms with Gasteiger partial charge in [0.2, 0.25) is 0 Å². The number of aromatic carboxylic acids is 1. The second-order valence-corrected chi connectivity index (χ2v) is 5.15. The summed E-state index contributed by atoms with van der Waals surface area (Å²) in [5.41, 5.74) is 0.171. The largest absolute Gasteiger partial charge is 0.478 e. The predicted octanol–water partition coefficient (Wildman–Crippen LogP) is 2.70. The molecule has 0 heterocycles. The number of carboxylic acid groups (broad SMARTS) is 1. The van der Waals surface area contributed by atoms with Gasteiger partial charge in [0.25, 0.3) is 5.69 Å².